The van der Waals surface area contributed by atoms with Crippen LogP contribution in [-0.2, 0) is 14.3 Å². The zero-order chi connectivity index (χ0) is 19.2. The van der Waals surface area contributed by atoms with Gasteiger partial charge in [0.15, 0.2) is 5.78 Å². The van der Waals surface area contributed by atoms with Crippen molar-refractivity contribution in [1.82, 2.24) is 0 Å². The fourth-order valence-corrected chi connectivity index (χ4v) is 9.85. The van der Waals surface area contributed by atoms with Crippen molar-refractivity contribution in [2.75, 3.05) is 0 Å². The molecule has 0 amide bonds. The van der Waals surface area contributed by atoms with Gasteiger partial charge in [0.2, 0.25) is 0 Å². The Balaban J connectivity index is 1.36. The molecular weight excluding hydrogens is 352 g/mol. The van der Waals surface area contributed by atoms with Crippen molar-refractivity contribution in [1.29, 1.82) is 0 Å². The molecule has 6 fully saturated rings. The highest BCUT2D eigenvalue weighted by Crippen LogP contribution is 2.82. The molecule has 28 heavy (non-hydrogen) atoms. The molecule has 11 atom stereocenters. The van der Waals surface area contributed by atoms with Crippen molar-refractivity contribution in [3.63, 3.8) is 0 Å². The van der Waals surface area contributed by atoms with Crippen molar-refractivity contribution in [3.8, 4) is 0 Å². The van der Waals surface area contributed by atoms with Gasteiger partial charge in [0.25, 0.3) is 0 Å². The van der Waals surface area contributed by atoms with Crippen LogP contribution in [0.3, 0.4) is 0 Å². The molecule has 0 aromatic rings. The third kappa shape index (κ3) is 1.60. The van der Waals surface area contributed by atoms with Crippen LogP contribution in [0, 0.1) is 52.3 Å². The number of rotatable bonds is 0. The number of carbonyl (C=O) groups is 2. The van der Waals surface area contributed by atoms with Gasteiger partial charge in [-0.2, -0.15) is 0 Å². The highest BCUT2D eigenvalue weighted by molar-refractivity contribution is 5.92. The van der Waals surface area contributed by atoms with Crippen molar-refractivity contribution in [2.24, 2.45) is 52.3 Å². The van der Waals surface area contributed by atoms with Crippen molar-refractivity contribution >= 4 is 11.8 Å². The second kappa shape index (κ2) is 4.61. The van der Waals surface area contributed by atoms with E-state index in [1.54, 1.807) is 0 Å². The van der Waals surface area contributed by atoms with E-state index in [1.807, 2.05) is 6.08 Å². The van der Waals surface area contributed by atoms with Crippen LogP contribution < -0.4 is 0 Å². The van der Waals surface area contributed by atoms with Gasteiger partial charge in [-0.3, -0.25) is 9.59 Å². The lowest BCUT2D eigenvalue weighted by Crippen LogP contribution is -2.62. The van der Waals surface area contributed by atoms with E-state index in [9.17, 15) is 14.7 Å². The normalized spacial score (nSPS) is 62.9. The van der Waals surface area contributed by atoms with Crippen LogP contribution in [0.4, 0.5) is 0 Å². The minimum absolute atomic E-state index is 0.0243. The third-order valence-electron chi connectivity index (χ3n) is 10.8. The fourth-order valence-electron chi connectivity index (χ4n) is 9.85. The van der Waals surface area contributed by atoms with Crippen molar-refractivity contribution < 1.29 is 19.4 Å². The first-order valence-corrected chi connectivity index (χ1v) is 11.4. The van der Waals surface area contributed by atoms with Crippen LogP contribution in [0.2, 0.25) is 0 Å². The number of ketones is 1. The van der Waals surface area contributed by atoms with Gasteiger partial charge < -0.3 is 9.84 Å². The maximum Gasteiger partial charge on any atom is 0.306 e. The smallest absolute Gasteiger partial charge is 0.306 e. The molecule has 4 nitrogen and oxygen atoms in total. The highest BCUT2D eigenvalue weighted by Gasteiger charge is 2.82. The van der Waals surface area contributed by atoms with Crippen LogP contribution >= 0.6 is 0 Å². The Labute approximate surface area is 166 Å². The molecule has 150 valence electrons. The molecule has 5 saturated carbocycles. The fraction of sp³-hybridized carbons (Fsp3) is 0.833. The quantitative estimate of drug-likeness (QED) is 0.653. The van der Waals surface area contributed by atoms with E-state index in [2.05, 4.69) is 13.8 Å². The van der Waals surface area contributed by atoms with Gasteiger partial charge in [-0.25, -0.2) is 0 Å². The SMILES string of the molecule is C[C@]12CCC(=O)C=C1[C@@H]1C[C@@H]1C1C2C(O)C[C@@]2(C)C1[C@@H]1C[C@@H]1[C@@]21CCC(=O)O1. The summed E-state index contributed by atoms with van der Waals surface area (Å²) >= 11 is 0. The standard InChI is InChI=1S/C24H30O4/c1-22-5-3-11(25)7-15(22)12-8-13(12)19-20-14-9-16(14)24(6-4-18(27)28-24)23(20,2)10-17(26)21(19)22/h7,12-14,16-17,19-21,26H,3-6,8-10H2,1-2H3/t12-,13+,14-,16+,17?,19?,20?,21?,22+,23+,24+/m1/s1. The molecule has 1 spiro atoms. The number of carbonyl (C=O) groups excluding carboxylic acids is 2. The Kier molecular flexibility index (Phi) is 2.73. The summed E-state index contributed by atoms with van der Waals surface area (Å²) in [6, 6.07) is 0. The molecule has 0 radical (unpaired) electrons. The minimum atomic E-state index is -0.358. The van der Waals surface area contributed by atoms with E-state index in [4.69, 9.17) is 4.74 Å². The maximum atomic E-state index is 12.2. The summed E-state index contributed by atoms with van der Waals surface area (Å²) in [4.78, 5) is 24.3. The Morgan fingerprint density at radius 2 is 1.89 bits per heavy atom. The Morgan fingerprint density at radius 1 is 1.07 bits per heavy atom. The first-order valence-electron chi connectivity index (χ1n) is 11.4. The largest absolute Gasteiger partial charge is 0.458 e. The monoisotopic (exact) mass is 382 g/mol. The lowest BCUT2D eigenvalue weighted by molar-refractivity contribution is -0.197. The molecule has 1 heterocycles. The zero-order valence-electron chi connectivity index (χ0n) is 16.8. The van der Waals surface area contributed by atoms with E-state index in [-0.39, 0.29) is 40.2 Å². The van der Waals surface area contributed by atoms with Crippen LogP contribution in [-0.4, -0.2) is 28.6 Å². The average molecular weight is 383 g/mol. The molecule has 0 aromatic carbocycles. The van der Waals surface area contributed by atoms with Gasteiger partial charge >= 0.3 is 5.97 Å². The number of hydrogen-bond donors (Lipinski definition) is 1. The summed E-state index contributed by atoms with van der Waals surface area (Å²) < 4.78 is 6.15. The number of ether oxygens (including phenoxy) is 1. The minimum Gasteiger partial charge on any atom is -0.458 e. The molecule has 4 heteroatoms. The molecule has 6 aliphatic carbocycles. The number of fused-ring (bicyclic) bond motifs is 12. The first kappa shape index (κ1) is 16.6. The van der Waals surface area contributed by atoms with Gasteiger partial charge in [-0.05, 0) is 79.1 Å². The molecular formula is C24H30O4. The van der Waals surface area contributed by atoms with Crippen molar-refractivity contribution in [2.45, 2.75) is 70.5 Å². The molecule has 1 N–H and O–H groups in total. The van der Waals surface area contributed by atoms with Gasteiger partial charge in [-0.1, -0.05) is 19.4 Å². The van der Waals surface area contributed by atoms with Gasteiger partial charge in [0.1, 0.15) is 5.60 Å². The van der Waals surface area contributed by atoms with Crippen molar-refractivity contribution in [3.05, 3.63) is 11.6 Å². The maximum absolute atomic E-state index is 12.2. The summed E-state index contributed by atoms with van der Waals surface area (Å²) in [6.45, 7) is 4.69. The third-order valence-corrected chi connectivity index (χ3v) is 10.8. The first-order chi connectivity index (χ1) is 13.3. The molecule has 4 unspecified atom stereocenters. The Hall–Kier alpha value is -1.16. The number of esters is 1. The van der Waals surface area contributed by atoms with E-state index in [1.165, 1.54) is 18.4 Å². The summed E-state index contributed by atoms with van der Waals surface area (Å²) in [5.41, 5.74) is 0.950. The van der Waals surface area contributed by atoms with Gasteiger partial charge in [0.05, 0.1) is 6.10 Å². The van der Waals surface area contributed by atoms with E-state index < -0.39 is 0 Å². The van der Waals surface area contributed by atoms with Crippen LogP contribution in [0.1, 0.15) is 58.8 Å². The Bertz CT molecular complexity index is 861. The molecule has 1 aliphatic heterocycles. The number of aliphatic hydroxyl groups excluding tert-OH is 1. The number of allylic oxidation sites excluding steroid dienone is 1. The molecule has 0 bridgehead atoms. The Morgan fingerprint density at radius 3 is 2.64 bits per heavy atom. The van der Waals surface area contributed by atoms with Gasteiger partial charge in [-0.15, -0.1) is 0 Å². The number of hydrogen-bond acceptors (Lipinski definition) is 4. The van der Waals surface area contributed by atoms with Crippen LogP contribution in [0.5, 0.6) is 0 Å². The van der Waals surface area contributed by atoms with E-state index >= 15 is 0 Å². The molecule has 1 saturated heterocycles. The predicted molar refractivity (Wildman–Crippen MR) is 101 cm³/mol. The summed E-state index contributed by atoms with van der Waals surface area (Å²) in [5, 5.41) is 11.6. The second-order valence-corrected chi connectivity index (χ2v) is 11.7. The van der Waals surface area contributed by atoms with E-state index in [0.717, 1.165) is 19.3 Å². The predicted octanol–water partition coefficient (Wildman–Crippen LogP) is 3.28. The summed E-state index contributed by atoms with van der Waals surface area (Å²) in [7, 11) is 0. The topological polar surface area (TPSA) is 63.6 Å². The summed E-state index contributed by atoms with van der Waals surface area (Å²) in [5.74, 6) is 4.01. The average Bonchev–Trinajstić information content (AvgIpc) is 3.53. The van der Waals surface area contributed by atoms with E-state index in [0.29, 0.717) is 48.3 Å². The van der Waals surface area contributed by atoms with Crippen LogP contribution in [0.25, 0.3) is 0 Å². The lowest BCUT2D eigenvalue weighted by Gasteiger charge is -2.61. The second-order valence-electron chi connectivity index (χ2n) is 11.7. The lowest BCUT2D eigenvalue weighted by atomic mass is 9.44. The molecule has 0 aromatic heterocycles. The van der Waals surface area contributed by atoms with Gasteiger partial charge in [0, 0.05) is 24.2 Å². The number of aliphatic hydroxyl groups is 1. The zero-order valence-corrected chi connectivity index (χ0v) is 16.8. The van der Waals surface area contributed by atoms with Crippen LogP contribution in [0.15, 0.2) is 11.6 Å². The molecule has 7 aliphatic rings. The molecule has 7 rings (SSSR count). The highest BCUT2D eigenvalue weighted by atomic mass is 16.6. The summed E-state index contributed by atoms with van der Waals surface area (Å²) in [6.07, 6.45) is 7.70.